The van der Waals surface area contributed by atoms with Crippen LogP contribution in [0, 0.1) is 0 Å². The van der Waals surface area contributed by atoms with Gasteiger partial charge in [0.25, 0.3) is 0 Å². The van der Waals surface area contributed by atoms with Crippen molar-refractivity contribution in [1.29, 1.82) is 0 Å². The highest BCUT2D eigenvalue weighted by Crippen LogP contribution is 2.26. The van der Waals surface area contributed by atoms with Crippen LogP contribution in [0.1, 0.15) is 27.7 Å². The molecule has 0 N–H and O–H groups in total. The van der Waals surface area contributed by atoms with Crippen LogP contribution in [0.2, 0.25) is 0 Å². The fourth-order valence-corrected chi connectivity index (χ4v) is 1.41. The van der Waals surface area contributed by atoms with Crippen LogP contribution in [0.25, 0.3) is 0 Å². The standard InChI is InChI=1S/C14H20/c1-8-12(7)14(11(5)6)13(9-2)10(3)4/h8-9H,2-3,5H2,1,4,6-7H3/b12-8-,14-13+. The minimum Gasteiger partial charge on any atom is -0.0984 e. The molecule has 0 aliphatic heterocycles. The second-order valence-electron chi connectivity index (χ2n) is 3.53. The van der Waals surface area contributed by atoms with Gasteiger partial charge in [-0.25, -0.2) is 0 Å². The summed E-state index contributed by atoms with van der Waals surface area (Å²) in [6.07, 6.45) is 3.93. The molecule has 0 aromatic carbocycles. The molecule has 0 heterocycles. The lowest BCUT2D eigenvalue weighted by Crippen LogP contribution is -1.94. The molecule has 0 saturated heterocycles. The van der Waals surface area contributed by atoms with Crippen molar-refractivity contribution < 1.29 is 0 Å². The van der Waals surface area contributed by atoms with Gasteiger partial charge >= 0.3 is 0 Å². The molecule has 0 atom stereocenters. The molecule has 14 heavy (non-hydrogen) atoms. The first-order valence-corrected chi connectivity index (χ1v) is 4.77. The highest BCUT2D eigenvalue weighted by atomic mass is 14.1. The lowest BCUT2D eigenvalue weighted by molar-refractivity contribution is 1.26. The lowest BCUT2D eigenvalue weighted by Gasteiger charge is -2.13. The summed E-state index contributed by atoms with van der Waals surface area (Å²) in [5.74, 6) is 0. The molecular weight excluding hydrogens is 168 g/mol. The van der Waals surface area contributed by atoms with E-state index in [2.05, 4.69) is 32.7 Å². The second kappa shape index (κ2) is 5.43. The van der Waals surface area contributed by atoms with Gasteiger partial charge in [-0.05, 0) is 44.4 Å². The molecule has 0 unspecified atom stereocenters. The Bertz CT molecular complexity index is 322. The summed E-state index contributed by atoms with van der Waals surface area (Å²) in [4.78, 5) is 0. The fourth-order valence-electron chi connectivity index (χ4n) is 1.41. The van der Waals surface area contributed by atoms with Crippen molar-refractivity contribution in [1.82, 2.24) is 0 Å². The summed E-state index contributed by atoms with van der Waals surface area (Å²) in [6, 6.07) is 0. The minimum atomic E-state index is 1.03. The lowest BCUT2D eigenvalue weighted by atomic mass is 9.92. The third-order valence-electron chi connectivity index (χ3n) is 2.19. The fraction of sp³-hybridized carbons (Fsp3) is 0.286. The van der Waals surface area contributed by atoms with Crippen molar-refractivity contribution in [3.8, 4) is 0 Å². The molecule has 76 valence electrons. The quantitative estimate of drug-likeness (QED) is 0.566. The van der Waals surface area contributed by atoms with E-state index in [0.29, 0.717) is 0 Å². The molecule has 0 nitrogen and oxygen atoms in total. The van der Waals surface area contributed by atoms with Gasteiger partial charge in [0, 0.05) is 0 Å². The number of hydrogen-bond donors (Lipinski definition) is 0. The Morgan fingerprint density at radius 2 is 1.50 bits per heavy atom. The normalized spacial score (nSPS) is 13.3. The van der Waals surface area contributed by atoms with E-state index < -0.39 is 0 Å². The van der Waals surface area contributed by atoms with Gasteiger partial charge in [0.2, 0.25) is 0 Å². The van der Waals surface area contributed by atoms with E-state index in [9.17, 15) is 0 Å². The van der Waals surface area contributed by atoms with Crippen molar-refractivity contribution in [2.75, 3.05) is 0 Å². The zero-order valence-corrected chi connectivity index (χ0v) is 9.78. The Hall–Kier alpha value is -1.30. The Kier molecular flexibility index (Phi) is 4.93. The summed E-state index contributed by atoms with van der Waals surface area (Å²) >= 11 is 0. The molecule has 0 aliphatic rings. The van der Waals surface area contributed by atoms with Crippen LogP contribution in [0.3, 0.4) is 0 Å². The van der Waals surface area contributed by atoms with E-state index in [1.807, 2.05) is 26.8 Å². The van der Waals surface area contributed by atoms with Crippen molar-refractivity contribution in [2.45, 2.75) is 27.7 Å². The minimum absolute atomic E-state index is 1.03. The summed E-state index contributed by atoms with van der Waals surface area (Å²) < 4.78 is 0. The van der Waals surface area contributed by atoms with Crippen LogP contribution in [0.4, 0.5) is 0 Å². The van der Waals surface area contributed by atoms with Gasteiger partial charge in [-0.2, -0.15) is 0 Å². The van der Waals surface area contributed by atoms with Crippen LogP contribution in [-0.2, 0) is 0 Å². The van der Waals surface area contributed by atoms with Crippen molar-refractivity contribution in [2.24, 2.45) is 0 Å². The van der Waals surface area contributed by atoms with E-state index in [1.54, 1.807) is 0 Å². The zero-order chi connectivity index (χ0) is 11.3. The molecule has 0 amide bonds. The maximum Gasteiger partial charge on any atom is -0.0132 e. The van der Waals surface area contributed by atoms with E-state index in [0.717, 1.165) is 22.3 Å². The molecule has 0 radical (unpaired) electrons. The van der Waals surface area contributed by atoms with Crippen LogP contribution < -0.4 is 0 Å². The Labute approximate surface area is 88.0 Å². The topological polar surface area (TPSA) is 0 Å². The SMILES string of the molecule is C=C/C(C(=C)C)=C(C(=C)C)\C(C)=C/C. The summed E-state index contributed by atoms with van der Waals surface area (Å²) in [7, 11) is 0. The summed E-state index contributed by atoms with van der Waals surface area (Å²) in [6.45, 7) is 19.9. The predicted molar refractivity (Wildman–Crippen MR) is 66.3 cm³/mol. The maximum absolute atomic E-state index is 3.99. The number of hydrogen-bond acceptors (Lipinski definition) is 0. The maximum atomic E-state index is 3.99. The molecule has 0 fully saturated rings. The summed E-state index contributed by atoms with van der Waals surface area (Å²) in [5, 5.41) is 0. The Morgan fingerprint density at radius 1 is 1.00 bits per heavy atom. The van der Waals surface area contributed by atoms with Gasteiger partial charge in [0.15, 0.2) is 0 Å². The highest BCUT2D eigenvalue weighted by Gasteiger charge is 2.06. The average molecular weight is 188 g/mol. The van der Waals surface area contributed by atoms with Crippen LogP contribution in [-0.4, -0.2) is 0 Å². The summed E-state index contributed by atoms with van der Waals surface area (Å²) in [5.41, 5.74) is 5.55. The van der Waals surface area contributed by atoms with E-state index in [1.165, 1.54) is 5.57 Å². The first-order chi connectivity index (χ1) is 6.45. The van der Waals surface area contributed by atoms with Gasteiger partial charge in [-0.1, -0.05) is 43.0 Å². The monoisotopic (exact) mass is 188 g/mol. The smallest absolute Gasteiger partial charge is 0.0132 e. The van der Waals surface area contributed by atoms with Gasteiger partial charge < -0.3 is 0 Å². The van der Waals surface area contributed by atoms with Crippen molar-refractivity contribution in [3.63, 3.8) is 0 Å². The van der Waals surface area contributed by atoms with Gasteiger partial charge in [0.05, 0.1) is 0 Å². The first-order valence-electron chi connectivity index (χ1n) is 4.77. The van der Waals surface area contributed by atoms with Crippen LogP contribution >= 0.6 is 0 Å². The molecule has 0 heteroatoms. The van der Waals surface area contributed by atoms with Gasteiger partial charge in [-0.15, -0.1) is 0 Å². The van der Waals surface area contributed by atoms with E-state index >= 15 is 0 Å². The van der Waals surface area contributed by atoms with Crippen LogP contribution in [0.5, 0.6) is 0 Å². The molecule has 0 bridgehead atoms. The van der Waals surface area contributed by atoms with Gasteiger partial charge in [-0.3, -0.25) is 0 Å². The zero-order valence-electron chi connectivity index (χ0n) is 9.78. The van der Waals surface area contributed by atoms with E-state index in [4.69, 9.17) is 0 Å². The predicted octanol–water partition coefficient (Wildman–Crippen LogP) is 4.59. The Morgan fingerprint density at radius 3 is 1.71 bits per heavy atom. The molecule has 0 aromatic rings. The first kappa shape index (κ1) is 12.7. The van der Waals surface area contributed by atoms with Crippen molar-refractivity contribution >= 4 is 0 Å². The second-order valence-corrected chi connectivity index (χ2v) is 3.53. The largest absolute Gasteiger partial charge is 0.0984 e. The number of rotatable bonds is 4. The average Bonchev–Trinajstić information content (AvgIpc) is 2.11. The molecule has 0 spiro atoms. The third-order valence-corrected chi connectivity index (χ3v) is 2.19. The molecule has 0 rings (SSSR count). The van der Waals surface area contributed by atoms with E-state index in [-0.39, 0.29) is 0 Å². The molecule has 0 saturated carbocycles. The van der Waals surface area contributed by atoms with Crippen LogP contribution in [0.15, 0.2) is 59.8 Å². The molecule has 0 aliphatic carbocycles. The molecular formula is C14H20. The highest BCUT2D eigenvalue weighted by molar-refractivity contribution is 5.55. The molecule has 0 aromatic heterocycles. The van der Waals surface area contributed by atoms with Gasteiger partial charge in [0.1, 0.15) is 0 Å². The van der Waals surface area contributed by atoms with Crippen molar-refractivity contribution in [3.05, 3.63) is 59.8 Å². The number of allylic oxidation sites excluding steroid dienone is 7. The Balaban J connectivity index is 5.68. The third kappa shape index (κ3) is 2.88.